The van der Waals surface area contributed by atoms with E-state index < -0.39 is 0 Å². The monoisotopic (exact) mass is 345 g/mol. The van der Waals surface area contributed by atoms with E-state index in [4.69, 9.17) is 0 Å². The van der Waals surface area contributed by atoms with Crippen molar-refractivity contribution in [1.29, 1.82) is 0 Å². The number of nitrogens with zero attached hydrogens (tertiary/aromatic N) is 5. The maximum Gasteiger partial charge on any atom is 0.272 e. The van der Waals surface area contributed by atoms with E-state index in [-0.39, 0.29) is 23.7 Å². The van der Waals surface area contributed by atoms with E-state index in [2.05, 4.69) is 10.1 Å². The zero-order valence-electron chi connectivity index (χ0n) is 13.7. The molecule has 2 saturated heterocycles. The summed E-state index contributed by atoms with van der Waals surface area (Å²) >= 11 is 1.60. The summed E-state index contributed by atoms with van der Waals surface area (Å²) in [5.41, 5.74) is 1.52. The van der Waals surface area contributed by atoms with Gasteiger partial charge in [-0.2, -0.15) is 5.10 Å². The Morgan fingerprint density at radius 1 is 1.38 bits per heavy atom. The van der Waals surface area contributed by atoms with Crippen LogP contribution in [0.4, 0.5) is 0 Å². The molecule has 0 aliphatic carbocycles. The Labute approximate surface area is 143 Å². The quantitative estimate of drug-likeness (QED) is 0.829. The van der Waals surface area contributed by atoms with Crippen LogP contribution < -0.4 is 0 Å². The minimum absolute atomic E-state index is 0.0427. The topological polar surface area (TPSA) is 71.3 Å². The third-order valence-electron chi connectivity index (χ3n) is 4.87. The molecule has 8 heteroatoms. The molecule has 4 rings (SSSR count). The van der Waals surface area contributed by atoms with Gasteiger partial charge in [0.05, 0.1) is 23.2 Å². The average Bonchev–Trinajstić information content (AvgIpc) is 3.29. The van der Waals surface area contributed by atoms with Crippen molar-refractivity contribution in [1.82, 2.24) is 24.6 Å². The van der Waals surface area contributed by atoms with Crippen molar-refractivity contribution in [3.63, 3.8) is 0 Å². The minimum atomic E-state index is -0.0816. The van der Waals surface area contributed by atoms with Gasteiger partial charge in [-0.3, -0.25) is 14.3 Å². The van der Waals surface area contributed by atoms with Crippen LogP contribution in [0.2, 0.25) is 0 Å². The van der Waals surface area contributed by atoms with E-state index in [1.165, 1.54) is 0 Å². The lowest BCUT2D eigenvalue weighted by molar-refractivity contribution is -0.131. The number of carbonyl (C=O) groups excluding carboxylic acids is 2. The van der Waals surface area contributed by atoms with Gasteiger partial charge in [-0.25, -0.2) is 4.98 Å². The Morgan fingerprint density at radius 3 is 2.83 bits per heavy atom. The van der Waals surface area contributed by atoms with E-state index >= 15 is 0 Å². The molecule has 0 aromatic carbocycles. The van der Waals surface area contributed by atoms with E-state index in [1.807, 2.05) is 17.2 Å². The molecule has 0 N–H and O–H groups in total. The second-order valence-electron chi connectivity index (χ2n) is 6.49. The number of hydrogen-bond donors (Lipinski definition) is 0. The zero-order valence-corrected chi connectivity index (χ0v) is 14.5. The largest absolute Gasteiger partial charge is 0.336 e. The fourth-order valence-electron chi connectivity index (χ4n) is 3.67. The summed E-state index contributed by atoms with van der Waals surface area (Å²) in [4.78, 5) is 33.3. The van der Waals surface area contributed by atoms with Crippen molar-refractivity contribution in [2.45, 2.75) is 13.5 Å². The molecular formula is C16H19N5O2S. The average molecular weight is 345 g/mol. The maximum absolute atomic E-state index is 12.7. The summed E-state index contributed by atoms with van der Waals surface area (Å²) in [6.07, 6.45) is 1.62. The van der Waals surface area contributed by atoms with Gasteiger partial charge in [0.2, 0.25) is 5.91 Å². The molecule has 2 aliphatic heterocycles. The third-order valence-corrected chi connectivity index (χ3v) is 5.69. The van der Waals surface area contributed by atoms with Crippen LogP contribution in [0.15, 0.2) is 17.6 Å². The Bertz CT molecular complexity index is 798. The van der Waals surface area contributed by atoms with Gasteiger partial charge in [-0.15, -0.1) is 11.3 Å². The summed E-state index contributed by atoms with van der Waals surface area (Å²) in [7, 11) is 1.76. The van der Waals surface area contributed by atoms with Crippen LogP contribution in [0.25, 0.3) is 0 Å². The summed E-state index contributed by atoms with van der Waals surface area (Å²) in [6, 6.07) is 1.72. The maximum atomic E-state index is 12.7. The van der Waals surface area contributed by atoms with Crippen molar-refractivity contribution >= 4 is 23.2 Å². The number of carbonyl (C=O) groups is 2. The van der Waals surface area contributed by atoms with Crippen molar-refractivity contribution in [3.05, 3.63) is 34.0 Å². The fraction of sp³-hybridized carbons (Fsp3) is 0.500. The van der Waals surface area contributed by atoms with Gasteiger partial charge in [0.25, 0.3) is 5.91 Å². The summed E-state index contributed by atoms with van der Waals surface area (Å²) < 4.78 is 1.58. The number of hydrogen-bond acceptors (Lipinski definition) is 5. The molecule has 2 aromatic rings. The van der Waals surface area contributed by atoms with Crippen molar-refractivity contribution < 1.29 is 9.59 Å². The van der Waals surface area contributed by atoms with Crippen molar-refractivity contribution in [2.24, 2.45) is 18.9 Å². The lowest BCUT2D eigenvalue weighted by Gasteiger charge is -2.21. The SMILES string of the molecule is Cc1nc(CN2C[C@H]3CN(C(=O)c4ccnn4C)C[C@H]3C2=O)cs1. The lowest BCUT2D eigenvalue weighted by atomic mass is 10.0. The van der Waals surface area contributed by atoms with Gasteiger partial charge in [0.15, 0.2) is 0 Å². The minimum Gasteiger partial charge on any atom is -0.336 e. The van der Waals surface area contributed by atoms with Gasteiger partial charge >= 0.3 is 0 Å². The van der Waals surface area contributed by atoms with Crippen LogP contribution in [0.5, 0.6) is 0 Å². The van der Waals surface area contributed by atoms with Gasteiger partial charge in [0.1, 0.15) is 5.69 Å². The molecule has 24 heavy (non-hydrogen) atoms. The molecule has 0 spiro atoms. The highest BCUT2D eigenvalue weighted by Gasteiger charge is 2.47. The predicted octanol–water partition coefficient (Wildman–Crippen LogP) is 0.916. The molecule has 7 nitrogen and oxygen atoms in total. The standard InChI is InChI=1S/C16H19N5O2S/c1-10-18-12(9-24-10)7-20-5-11-6-21(8-13(11)15(20)22)16(23)14-3-4-17-19(14)2/h3-4,9,11,13H,5-8H2,1-2H3/t11-,13+/m0/s1. The van der Waals surface area contributed by atoms with Crippen LogP contribution in [-0.2, 0) is 18.4 Å². The first kappa shape index (κ1) is 15.3. The van der Waals surface area contributed by atoms with Crippen LogP contribution >= 0.6 is 11.3 Å². The smallest absolute Gasteiger partial charge is 0.272 e. The highest BCUT2D eigenvalue weighted by molar-refractivity contribution is 7.09. The third kappa shape index (κ3) is 2.50. The number of rotatable bonds is 3. The first-order valence-corrected chi connectivity index (χ1v) is 8.88. The number of fused-ring (bicyclic) bond motifs is 1. The molecule has 2 aliphatic rings. The van der Waals surface area contributed by atoms with Gasteiger partial charge < -0.3 is 9.80 Å². The molecule has 2 amide bonds. The summed E-state index contributed by atoms with van der Waals surface area (Å²) in [5, 5.41) is 7.07. The number of thiazole rings is 1. The molecule has 0 unspecified atom stereocenters. The molecule has 0 radical (unpaired) electrons. The van der Waals surface area contributed by atoms with E-state index in [0.29, 0.717) is 31.9 Å². The lowest BCUT2D eigenvalue weighted by Crippen LogP contribution is -2.36. The number of aryl methyl sites for hydroxylation is 2. The Hall–Kier alpha value is -2.22. The number of aromatic nitrogens is 3. The normalized spacial score (nSPS) is 23.2. The molecule has 0 bridgehead atoms. The Morgan fingerprint density at radius 2 is 2.21 bits per heavy atom. The summed E-state index contributed by atoms with van der Waals surface area (Å²) in [5.74, 6) is 0.237. The van der Waals surface area contributed by atoms with Crippen LogP contribution in [0, 0.1) is 18.8 Å². The van der Waals surface area contributed by atoms with Crippen LogP contribution in [-0.4, -0.2) is 56.0 Å². The Kier molecular flexibility index (Phi) is 3.64. The van der Waals surface area contributed by atoms with Gasteiger partial charge in [0, 0.05) is 44.2 Å². The molecular weight excluding hydrogens is 326 g/mol. The Balaban J connectivity index is 1.43. The number of likely N-dealkylation sites (tertiary alicyclic amines) is 2. The molecule has 126 valence electrons. The van der Waals surface area contributed by atoms with Crippen LogP contribution in [0.1, 0.15) is 21.2 Å². The van der Waals surface area contributed by atoms with E-state index in [9.17, 15) is 9.59 Å². The molecule has 2 atom stereocenters. The van der Waals surface area contributed by atoms with Gasteiger partial charge in [-0.1, -0.05) is 0 Å². The second kappa shape index (κ2) is 5.70. The number of amides is 2. The predicted molar refractivity (Wildman–Crippen MR) is 88.4 cm³/mol. The molecule has 2 fully saturated rings. The van der Waals surface area contributed by atoms with E-state index in [1.54, 1.807) is 40.2 Å². The van der Waals surface area contributed by atoms with Crippen LogP contribution in [0.3, 0.4) is 0 Å². The summed E-state index contributed by atoms with van der Waals surface area (Å²) in [6.45, 7) is 4.38. The molecule has 0 saturated carbocycles. The second-order valence-corrected chi connectivity index (χ2v) is 7.56. The first-order valence-electron chi connectivity index (χ1n) is 8.00. The van der Waals surface area contributed by atoms with E-state index in [0.717, 1.165) is 10.7 Å². The first-order chi connectivity index (χ1) is 11.5. The highest BCUT2D eigenvalue weighted by Crippen LogP contribution is 2.33. The van der Waals surface area contributed by atoms with Crippen molar-refractivity contribution in [3.8, 4) is 0 Å². The highest BCUT2D eigenvalue weighted by atomic mass is 32.1. The van der Waals surface area contributed by atoms with Gasteiger partial charge in [-0.05, 0) is 13.0 Å². The van der Waals surface area contributed by atoms with Crippen molar-refractivity contribution in [2.75, 3.05) is 19.6 Å². The fourth-order valence-corrected chi connectivity index (χ4v) is 4.28. The molecule has 2 aromatic heterocycles. The zero-order chi connectivity index (χ0) is 16.8. The molecule has 4 heterocycles.